The Bertz CT molecular complexity index is 998. The van der Waals surface area contributed by atoms with Crippen molar-refractivity contribution in [3.05, 3.63) is 87.7 Å². The Morgan fingerprint density at radius 1 is 1.03 bits per heavy atom. The van der Waals surface area contributed by atoms with Crippen molar-refractivity contribution in [2.24, 2.45) is 0 Å². The van der Waals surface area contributed by atoms with Crippen LogP contribution in [-0.4, -0.2) is 28.3 Å². The molecule has 0 saturated heterocycles. The fraction of sp³-hybridized carbons (Fsp3) is 0.227. The molecule has 29 heavy (non-hydrogen) atoms. The first-order valence-electron chi connectivity index (χ1n) is 9.20. The molecule has 0 fully saturated rings. The van der Waals surface area contributed by atoms with Gasteiger partial charge in [-0.1, -0.05) is 71.8 Å². The van der Waals surface area contributed by atoms with Crippen LogP contribution in [0.15, 0.2) is 54.6 Å². The van der Waals surface area contributed by atoms with Crippen LogP contribution in [0.25, 0.3) is 0 Å². The van der Waals surface area contributed by atoms with Gasteiger partial charge in [-0.05, 0) is 25.0 Å². The maximum Gasteiger partial charge on any atom is 0.343 e. The van der Waals surface area contributed by atoms with Crippen LogP contribution in [0.2, 0.25) is 5.15 Å². The van der Waals surface area contributed by atoms with Crippen LogP contribution in [0.5, 0.6) is 0 Å². The number of benzene rings is 2. The van der Waals surface area contributed by atoms with E-state index in [1.165, 1.54) is 0 Å². The van der Waals surface area contributed by atoms with E-state index in [0.717, 1.165) is 16.7 Å². The third-order valence-electron chi connectivity index (χ3n) is 4.39. The first-order chi connectivity index (χ1) is 13.9. The Hall–Kier alpha value is -3.12. The molecule has 1 N–H and O–H groups in total. The van der Waals surface area contributed by atoms with Gasteiger partial charge >= 0.3 is 5.97 Å². The van der Waals surface area contributed by atoms with Crippen molar-refractivity contribution in [1.29, 1.82) is 0 Å². The number of aryl methyl sites for hydroxylation is 2. The van der Waals surface area contributed by atoms with Crippen LogP contribution >= 0.6 is 11.6 Å². The first kappa shape index (κ1) is 20.6. The van der Waals surface area contributed by atoms with Crippen LogP contribution < -0.4 is 5.32 Å². The number of carbonyl (C=O) groups excluding carboxylic acids is 2. The molecule has 6 nitrogen and oxygen atoms in total. The largest absolute Gasteiger partial charge is 0.452 e. The molecule has 0 radical (unpaired) electrons. The summed E-state index contributed by atoms with van der Waals surface area (Å²) in [5.74, 6) is -1.06. The maximum atomic E-state index is 12.4. The summed E-state index contributed by atoms with van der Waals surface area (Å²) in [5, 5.41) is 7.24. The van der Waals surface area contributed by atoms with Gasteiger partial charge in [0.1, 0.15) is 10.7 Å². The number of ether oxygens (including phenoxy) is 1. The summed E-state index contributed by atoms with van der Waals surface area (Å²) in [5.41, 5.74) is 3.77. The Morgan fingerprint density at radius 2 is 1.72 bits per heavy atom. The molecule has 3 aromatic rings. The van der Waals surface area contributed by atoms with Gasteiger partial charge in [0.05, 0.1) is 12.2 Å². The molecular weight excluding hydrogens is 390 g/mol. The van der Waals surface area contributed by atoms with E-state index in [0.29, 0.717) is 18.8 Å². The lowest BCUT2D eigenvalue weighted by Gasteiger charge is -2.07. The molecule has 0 aliphatic rings. The molecule has 1 aromatic heterocycles. The zero-order valence-electron chi connectivity index (χ0n) is 16.3. The zero-order chi connectivity index (χ0) is 20.8. The minimum Gasteiger partial charge on any atom is -0.452 e. The quantitative estimate of drug-likeness (QED) is 0.602. The number of nitrogens with one attached hydrogen (secondary N) is 1. The molecule has 1 heterocycles. The van der Waals surface area contributed by atoms with Crippen molar-refractivity contribution in [1.82, 2.24) is 15.1 Å². The predicted octanol–water partition coefficient (Wildman–Crippen LogP) is 3.67. The fourth-order valence-corrected chi connectivity index (χ4v) is 3.12. The number of halogens is 1. The average molecular weight is 412 g/mol. The molecule has 0 unspecified atom stereocenters. The van der Waals surface area contributed by atoms with Crippen molar-refractivity contribution in [3.8, 4) is 0 Å². The Morgan fingerprint density at radius 3 is 2.41 bits per heavy atom. The summed E-state index contributed by atoms with van der Waals surface area (Å²) in [7, 11) is 0. The van der Waals surface area contributed by atoms with Crippen LogP contribution in [-0.2, 0) is 22.6 Å². The first-order valence-corrected chi connectivity index (χ1v) is 9.58. The molecule has 2 aromatic carbocycles. The van der Waals surface area contributed by atoms with E-state index in [-0.39, 0.29) is 23.2 Å². The molecule has 0 aliphatic carbocycles. The standard InChI is InChI=1S/C22H22ClN3O3/c1-15-8-10-18(11-9-15)13-26-21(23)20(16(2)25-26)22(28)29-14-19(27)24-12-17-6-4-3-5-7-17/h3-11H,12-14H2,1-2H3,(H,24,27). The highest BCUT2D eigenvalue weighted by Crippen LogP contribution is 2.22. The van der Waals surface area contributed by atoms with Gasteiger partial charge in [-0.25, -0.2) is 9.48 Å². The number of hydrogen-bond donors (Lipinski definition) is 1. The highest BCUT2D eigenvalue weighted by molar-refractivity contribution is 6.32. The van der Waals surface area contributed by atoms with Gasteiger partial charge < -0.3 is 10.1 Å². The molecule has 7 heteroatoms. The Balaban J connectivity index is 1.58. The number of rotatable bonds is 7. The van der Waals surface area contributed by atoms with Crippen LogP contribution in [0.1, 0.15) is 32.7 Å². The van der Waals surface area contributed by atoms with Gasteiger partial charge in [0.2, 0.25) is 0 Å². The third-order valence-corrected chi connectivity index (χ3v) is 4.77. The second-order valence-electron chi connectivity index (χ2n) is 6.73. The van der Waals surface area contributed by atoms with Crippen LogP contribution in [0.3, 0.4) is 0 Å². The molecule has 0 saturated carbocycles. The van der Waals surface area contributed by atoms with E-state index < -0.39 is 5.97 Å². The number of esters is 1. The van der Waals surface area contributed by atoms with Crippen molar-refractivity contribution >= 4 is 23.5 Å². The molecule has 0 spiro atoms. The van der Waals surface area contributed by atoms with Gasteiger partial charge in [-0.15, -0.1) is 0 Å². The summed E-state index contributed by atoms with van der Waals surface area (Å²) >= 11 is 6.36. The topological polar surface area (TPSA) is 73.2 Å². The minimum atomic E-state index is -0.669. The van der Waals surface area contributed by atoms with E-state index in [2.05, 4.69) is 10.4 Å². The minimum absolute atomic E-state index is 0.176. The van der Waals surface area contributed by atoms with Crippen molar-refractivity contribution < 1.29 is 14.3 Å². The summed E-state index contributed by atoms with van der Waals surface area (Å²) in [6.45, 7) is 4.11. The number of nitrogens with zero attached hydrogens (tertiary/aromatic N) is 2. The summed E-state index contributed by atoms with van der Waals surface area (Å²) in [6.07, 6.45) is 0. The summed E-state index contributed by atoms with van der Waals surface area (Å²) in [4.78, 5) is 24.4. The molecular formula is C22H22ClN3O3. The summed E-state index contributed by atoms with van der Waals surface area (Å²) < 4.78 is 6.68. The number of carbonyl (C=O) groups is 2. The fourth-order valence-electron chi connectivity index (χ4n) is 2.81. The van der Waals surface area contributed by atoms with Crippen LogP contribution in [0.4, 0.5) is 0 Å². The van der Waals surface area contributed by atoms with E-state index in [1.807, 2.05) is 61.5 Å². The highest BCUT2D eigenvalue weighted by Gasteiger charge is 2.22. The molecule has 3 rings (SSSR count). The average Bonchev–Trinajstić information content (AvgIpc) is 3.00. The highest BCUT2D eigenvalue weighted by atomic mass is 35.5. The predicted molar refractivity (Wildman–Crippen MR) is 111 cm³/mol. The smallest absolute Gasteiger partial charge is 0.343 e. The zero-order valence-corrected chi connectivity index (χ0v) is 17.1. The van der Waals surface area contributed by atoms with E-state index in [9.17, 15) is 9.59 Å². The number of amides is 1. The Labute approximate surface area is 174 Å². The second-order valence-corrected chi connectivity index (χ2v) is 7.09. The number of aromatic nitrogens is 2. The Kier molecular flexibility index (Phi) is 6.67. The molecule has 150 valence electrons. The molecule has 1 amide bonds. The summed E-state index contributed by atoms with van der Waals surface area (Å²) in [6, 6.07) is 17.5. The monoisotopic (exact) mass is 411 g/mol. The van der Waals surface area contributed by atoms with Gasteiger partial charge in [0.15, 0.2) is 6.61 Å². The van der Waals surface area contributed by atoms with E-state index in [4.69, 9.17) is 16.3 Å². The van der Waals surface area contributed by atoms with Gasteiger partial charge in [-0.3, -0.25) is 4.79 Å². The van der Waals surface area contributed by atoms with Gasteiger partial charge in [0.25, 0.3) is 5.91 Å². The van der Waals surface area contributed by atoms with Crippen molar-refractivity contribution in [2.75, 3.05) is 6.61 Å². The molecule has 0 aliphatic heterocycles. The molecule has 0 bridgehead atoms. The number of hydrogen-bond acceptors (Lipinski definition) is 4. The van der Waals surface area contributed by atoms with Crippen LogP contribution in [0, 0.1) is 13.8 Å². The maximum absolute atomic E-state index is 12.4. The second kappa shape index (κ2) is 9.39. The van der Waals surface area contributed by atoms with Crippen molar-refractivity contribution in [2.45, 2.75) is 26.9 Å². The SMILES string of the molecule is Cc1ccc(Cn2nc(C)c(C(=O)OCC(=O)NCc3ccccc3)c2Cl)cc1. The lowest BCUT2D eigenvalue weighted by Crippen LogP contribution is -2.28. The third kappa shape index (κ3) is 5.45. The lowest BCUT2D eigenvalue weighted by molar-refractivity contribution is -0.124. The van der Waals surface area contributed by atoms with Gasteiger partial charge in [-0.2, -0.15) is 5.10 Å². The van der Waals surface area contributed by atoms with Crippen molar-refractivity contribution in [3.63, 3.8) is 0 Å². The normalized spacial score (nSPS) is 10.6. The molecule has 0 atom stereocenters. The van der Waals surface area contributed by atoms with Gasteiger partial charge in [0, 0.05) is 6.54 Å². The van der Waals surface area contributed by atoms with E-state index in [1.54, 1.807) is 11.6 Å². The lowest BCUT2D eigenvalue weighted by atomic mass is 10.1. The van der Waals surface area contributed by atoms with E-state index >= 15 is 0 Å².